The first-order chi connectivity index (χ1) is 12.1. The van der Waals surface area contributed by atoms with Gasteiger partial charge in [-0.3, -0.25) is 4.79 Å². The molecule has 0 aliphatic carbocycles. The lowest BCUT2D eigenvalue weighted by molar-refractivity contribution is -0.121. The van der Waals surface area contributed by atoms with Crippen LogP contribution in [-0.2, 0) is 14.8 Å². The maximum Gasteiger partial charge on any atom is 0.277 e. The number of carbonyl (C=O) groups is 1. The van der Waals surface area contributed by atoms with Crippen molar-refractivity contribution < 1.29 is 31.5 Å². The minimum absolute atomic E-state index is 0.149. The summed E-state index contributed by atoms with van der Waals surface area (Å²) in [5.41, 5.74) is 4.85. The Morgan fingerprint density at radius 3 is 2.38 bits per heavy atom. The standard InChI is InChI=1S/C15H23F2N3O5S/c1-3-24-12-6-5-11(7-13(12)25-4-2)26(22,23)20-8-14(21)19-10-15(16,17)9-18/h5-7,20H,3-4,8-10,18H2,1-2H3,(H,19,21). The highest BCUT2D eigenvalue weighted by Gasteiger charge is 2.27. The smallest absolute Gasteiger partial charge is 0.277 e. The zero-order chi connectivity index (χ0) is 19.8. The number of nitrogens with two attached hydrogens (primary N) is 1. The van der Waals surface area contributed by atoms with Crippen molar-refractivity contribution in [3.05, 3.63) is 18.2 Å². The lowest BCUT2D eigenvalue weighted by Gasteiger charge is -2.15. The summed E-state index contributed by atoms with van der Waals surface area (Å²) in [5.74, 6) is -3.53. The number of nitrogens with one attached hydrogen (secondary N) is 2. The molecule has 0 bridgehead atoms. The number of carbonyl (C=O) groups excluding carboxylic acids is 1. The molecule has 11 heteroatoms. The number of amides is 1. The summed E-state index contributed by atoms with van der Waals surface area (Å²) in [4.78, 5) is 11.4. The molecule has 0 aromatic heterocycles. The number of benzene rings is 1. The maximum atomic E-state index is 13.0. The van der Waals surface area contributed by atoms with E-state index in [-0.39, 0.29) is 10.6 Å². The fourth-order valence-electron chi connectivity index (χ4n) is 1.81. The van der Waals surface area contributed by atoms with Crippen LogP contribution in [-0.4, -0.2) is 53.1 Å². The van der Waals surface area contributed by atoms with E-state index < -0.39 is 41.5 Å². The van der Waals surface area contributed by atoms with Crippen LogP contribution in [0.3, 0.4) is 0 Å². The van der Waals surface area contributed by atoms with Gasteiger partial charge in [0.1, 0.15) is 0 Å². The third kappa shape index (κ3) is 6.73. The normalized spacial score (nSPS) is 11.9. The molecule has 0 spiro atoms. The van der Waals surface area contributed by atoms with Crippen molar-refractivity contribution in [3.63, 3.8) is 0 Å². The highest BCUT2D eigenvalue weighted by molar-refractivity contribution is 7.89. The van der Waals surface area contributed by atoms with Crippen LogP contribution >= 0.6 is 0 Å². The van der Waals surface area contributed by atoms with Gasteiger partial charge >= 0.3 is 0 Å². The molecular weight excluding hydrogens is 372 g/mol. The molecule has 8 nitrogen and oxygen atoms in total. The molecule has 0 fully saturated rings. The Morgan fingerprint density at radius 2 is 1.81 bits per heavy atom. The number of ether oxygens (including phenoxy) is 2. The predicted octanol–water partition coefficient (Wildman–Crippen LogP) is 0.473. The van der Waals surface area contributed by atoms with E-state index in [1.807, 2.05) is 10.0 Å². The lowest BCUT2D eigenvalue weighted by atomic mass is 10.3. The van der Waals surface area contributed by atoms with Crippen molar-refractivity contribution in [2.45, 2.75) is 24.7 Å². The maximum absolute atomic E-state index is 13.0. The molecule has 4 N–H and O–H groups in total. The van der Waals surface area contributed by atoms with Crippen molar-refractivity contribution in [3.8, 4) is 11.5 Å². The third-order valence-electron chi connectivity index (χ3n) is 3.09. The summed E-state index contributed by atoms with van der Waals surface area (Å²) in [6.07, 6.45) is 0. The van der Waals surface area contributed by atoms with Gasteiger partial charge in [0, 0.05) is 6.07 Å². The molecule has 0 atom stereocenters. The molecule has 0 saturated carbocycles. The topological polar surface area (TPSA) is 120 Å². The van der Waals surface area contributed by atoms with E-state index in [0.717, 1.165) is 0 Å². The Bertz CT molecular complexity index is 713. The number of rotatable bonds is 11. The molecule has 0 aliphatic rings. The van der Waals surface area contributed by atoms with Crippen molar-refractivity contribution in [2.75, 3.05) is 32.8 Å². The highest BCUT2D eigenvalue weighted by atomic mass is 32.2. The molecule has 1 rings (SSSR count). The molecule has 148 valence electrons. The minimum atomic E-state index is -4.05. The average Bonchev–Trinajstić information content (AvgIpc) is 2.60. The van der Waals surface area contributed by atoms with Crippen molar-refractivity contribution in [1.82, 2.24) is 10.0 Å². The van der Waals surface area contributed by atoms with Crippen LogP contribution in [0.4, 0.5) is 8.78 Å². The Kier molecular flexibility index (Phi) is 8.18. The van der Waals surface area contributed by atoms with E-state index in [4.69, 9.17) is 15.2 Å². The lowest BCUT2D eigenvalue weighted by Crippen LogP contribution is -2.44. The fourth-order valence-corrected chi connectivity index (χ4v) is 2.80. The highest BCUT2D eigenvalue weighted by Crippen LogP contribution is 2.30. The Morgan fingerprint density at radius 1 is 1.19 bits per heavy atom. The number of alkyl halides is 2. The van der Waals surface area contributed by atoms with Gasteiger partial charge in [0.05, 0.1) is 37.7 Å². The van der Waals surface area contributed by atoms with Gasteiger partial charge in [-0.25, -0.2) is 21.9 Å². The van der Waals surface area contributed by atoms with Crippen LogP contribution in [0, 0.1) is 0 Å². The Balaban J connectivity index is 2.78. The molecule has 26 heavy (non-hydrogen) atoms. The van der Waals surface area contributed by atoms with Gasteiger partial charge in [-0.15, -0.1) is 0 Å². The third-order valence-corrected chi connectivity index (χ3v) is 4.49. The van der Waals surface area contributed by atoms with Crippen molar-refractivity contribution >= 4 is 15.9 Å². The SMILES string of the molecule is CCOc1ccc(S(=O)(=O)NCC(=O)NCC(F)(F)CN)cc1OCC. The molecule has 1 amide bonds. The van der Waals surface area contributed by atoms with Gasteiger partial charge in [0.15, 0.2) is 11.5 Å². The average molecular weight is 395 g/mol. The summed E-state index contributed by atoms with van der Waals surface area (Å²) in [7, 11) is -4.05. The Hall–Kier alpha value is -1.98. The van der Waals surface area contributed by atoms with Crippen molar-refractivity contribution in [1.29, 1.82) is 0 Å². The summed E-state index contributed by atoms with van der Waals surface area (Å²) in [5, 5.41) is 1.91. The van der Waals surface area contributed by atoms with Crippen LogP contribution in [0.25, 0.3) is 0 Å². The number of sulfonamides is 1. The summed E-state index contributed by atoms with van der Waals surface area (Å²) < 4.78 is 63.2. The number of halogens is 2. The molecular formula is C15H23F2N3O5S. The molecule has 0 heterocycles. The van der Waals surface area contributed by atoms with Gasteiger partial charge in [-0.1, -0.05) is 0 Å². The van der Waals surface area contributed by atoms with Gasteiger partial charge in [-0.2, -0.15) is 0 Å². The van der Waals surface area contributed by atoms with Crippen LogP contribution in [0.2, 0.25) is 0 Å². The van der Waals surface area contributed by atoms with Crippen LogP contribution in [0.15, 0.2) is 23.1 Å². The van der Waals surface area contributed by atoms with E-state index >= 15 is 0 Å². The van der Waals surface area contributed by atoms with Gasteiger partial charge in [-0.05, 0) is 26.0 Å². The second kappa shape index (κ2) is 9.64. The zero-order valence-corrected chi connectivity index (χ0v) is 15.4. The monoisotopic (exact) mass is 395 g/mol. The van der Waals surface area contributed by atoms with E-state index in [1.54, 1.807) is 13.8 Å². The van der Waals surface area contributed by atoms with Crippen LogP contribution in [0.1, 0.15) is 13.8 Å². The molecule has 1 aromatic rings. The first-order valence-corrected chi connectivity index (χ1v) is 9.37. The molecule has 0 unspecified atom stereocenters. The molecule has 0 radical (unpaired) electrons. The van der Waals surface area contributed by atoms with Crippen molar-refractivity contribution in [2.24, 2.45) is 5.73 Å². The molecule has 0 aliphatic heterocycles. The van der Waals surface area contributed by atoms with Crippen LogP contribution in [0.5, 0.6) is 11.5 Å². The quantitative estimate of drug-likeness (QED) is 0.501. The summed E-state index contributed by atoms with van der Waals surface area (Å²) in [6.45, 7) is 1.59. The van der Waals surface area contributed by atoms with Gasteiger partial charge in [0.25, 0.3) is 5.92 Å². The summed E-state index contributed by atoms with van der Waals surface area (Å²) in [6, 6.07) is 3.98. The van der Waals surface area contributed by atoms with E-state index in [2.05, 4.69) is 0 Å². The largest absolute Gasteiger partial charge is 0.490 e. The predicted molar refractivity (Wildman–Crippen MR) is 91.0 cm³/mol. The molecule has 0 saturated heterocycles. The van der Waals surface area contributed by atoms with Gasteiger partial charge < -0.3 is 20.5 Å². The second-order valence-corrected chi connectivity index (χ2v) is 6.90. The first kappa shape index (κ1) is 22.1. The second-order valence-electron chi connectivity index (χ2n) is 5.14. The fraction of sp³-hybridized carbons (Fsp3) is 0.533. The summed E-state index contributed by atoms with van der Waals surface area (Å²) >= 11 is 0. The Labute approximate surface area is 151 Å². The minimum Gasteiger partial charge on any atom is -0.490 e. The van der Waals surface area contributed by atoms with Crippen LogP contribution < -0.4 is 25.2 Å². The zero-order valence-electron chi connectivity index (χ0n) is 14.6. The number of hydrogen-bond acceptors (Lipinski definition) is 6. The van der Waals surface area contributed by atoms with E-state index in [1.165, 1.54) is 18.2 Å². The first-order valence-electron chi connectivity index (χ1n) is 7.89. The van der Waals surface area contributed by atoms with E-state index in [9.17, 15) is 22.0 Å². The molecule has 1 aromatic carbocycles. The van der Waals surface area contributed by atoms with Gasteiger partial charge in [0.2, 0.25) is 15.9 Å². The van der Waals surface area contributed by atoms with E-state index in [0.29, 0.717) is 19.0 Å². The number of hydrogen-bond donors (Lipinski definition) is 3.